The number of phenols is 1. The molecular formula is C21H19NO4. The summed E-state index contributed by atoms with van der Waals surface area (Å²) in [5.41, 5.74) is 2.07. The Morgan fingerprint density at radius 2 is 1.69 bits per heavy atom. The van der Waals surface area contributed by atoms with Crippen molar-refractivity contribution in [3.63, 3.8) is 0 Å². The van der Waals surface area contributed by atoms with E-state index >= 15 is 0 Å². The molecule has 26 heavy (non-hydrogen) atoms. The van der Waals surface area contributed by atoms with E-state index in [4.69, 9.17) is 5.11 Å². The number of phenolic OH excluding ortho intramolecular Hbond substituents is 1. The van der Waals surface area contributed by atoms with Gasteiger partial charge in [0, 0.05) is 12.1 Å². The van der Waals surface area contributed by atoms with Gasteiger partial charge in [0.2, 0.25) is 0 Å². The quantitative estimate of drug-likeness (QED) is 0.622. The van der Waals surface area contributed by atoms with Gasteiger partial charge in [-0.25, -0.2) is 0 Å². The lowest BCUT2D eigenvalue weighted by molar-refractivity contribution is -0.137. The molecule has 0 aliphatic rings. The van der Waals surface area contributed by atoms with Gasteiger partial charge in [0.1, 0.15) is 5.75 Å². The highest BCUT2D eigenvalue weighted by molar-refractivity contribution is 6.13. The van der Waals surface area contributed by atoms with Crippen molar-refractivity contribution >= 4 is 28.3 Å². The molecule has 3 aromatic carbocycles. The number of nitrogens with one attached hydrogen (secondary N) is 1. The summed E-state index contributed by atoms with van der Waals surface area (Å²) in [6, 6.07) is 17.8. The predicted molar refractivity (Wildman–Crippen MR) is 101 cm³/mol. The summed E-state index contributed by atoms with van der Waals surface area (Å²) in [4.78, 5) is 23.2. The van der Waals surface area contributed by atoms with E-state index in [1.54, 1.807) is 18.2 Å². The van der Waals surface area contributed by atoms with Crippen LogP contribution in [0, 0.1) is 0 Å². The molecule has 0 aliphatic heterocycles. The van der Waals surface area contributed by atoms with Crippen LogP contribution in [-0.2, 0) is 11.2 Å². The van der Waals surface area contributed by atoms with E-state index in [0.29, 0.717) is 24.1 Å². The number of carbonyl (C=O) groups excluding carboxylic acids is 1. The third-order valence-electron chi connectivity index (χ3n) is 4.16. The summed E-state index contributed by atoms with van der Waals surface area (Å²) >= 11 is 0. The van der Waals surface area contributed by atoms with Crippen LogP contribution in [0.2, 0.25) is 0 Å². The molecular weight excluding hydrogens is 330 g/mol. The first kappa shape index (κ1) is 17.5. The molecule has 0 heterocycles. The van der Waals surface area contributed by atoms with Crippen molar-refractivity contribution in [3.8, 4) is 5.75 Å². The molecule has 0 unspecified atom stereocenters. The summed E-state index contributed by atoms with van der Waals surface area (Å²) in [5.74, 6) is -1.05. The van der Waals surface area contributed by atoms with E-state index in [9.17, 15) is 14.7 Å². The fourth-order valence-corrected chi connectivity index (χ4v) is 2.88. The number of anilines is 1. The molecule has 3 rings (SSSR count). The van der Waals surface area contributed by atoms with Crippen LogP contribution in [0.25, 0.3) is 10.8 Å². The Balaban J connectivity index is 1.73. The van der Waals surface area contributed by atoms with Crippen molar-refractivity contribution in [3.05, 3.63) is 71.8 Å². The first-order valence-corrected chi connectivity index (χ1v) is 8.37. The van der Waals surface area contributed by atoms with Crippen molar-refractivity contribution in [2.75, 3.05) is 5.32 Å². The number of carbonyl (C=O) groups is 2. The van der Waals surface area contributed by atoms with Gasteiger partial charge >= 0.3 is 5.97 Å². The zero-order valence-electron chi connectivity index (χ0n) is 14.1. The normalized spacial score (nSPS) is 10.6. The smallest absolute Gasteiger partial charge is 0.303 e. The molecule has 132 valence electrons. The lowest BCUT2D eigenvalue weighted by atomic mass is 10.0. The van der Waals surface area contributed by atoms with Crippen LogP contribution in [0.15, 0.2) is 60.7 Å². The number of carboxylic acids is 1. The summed E-state index contributed by atoms with van der Waals surface area (Å²) in [6.45, 7) is 0. The monoisotopic (exact) mass is 349 g/mol. The highest BCUT2D eigenvalue weighted by atomic mass is 16.4. The number of amides is 1. The van der Waals surface area contributed by atoms with Gasteiger partial charge in [-0.1, -0.05) is 36.4 Å². The predicted octanol–water partition coefficient (Wildman–Crippen LogP) is 4.21. The number of carboxylic acid groups (broad SMARTS) is 1. The number of hydrogen-bond donors (Lipinski definition) is 3. The highest BCUT2D eigenvalue weighted by Gasteiger charge is 2.12. The number of aromatic hydroxyl groups is 1. The Kier molecular flexibility index (Phi) is 5.17. The first-order valence-electron chi connectivity index (χ1n) is 8.37. The molecule has 0 aromatic heterocycles. The number of aliphatic carboxylic acids is 1. The maximum atomic E-state index is 12.6. The minimum Gasteiger partial charge on any atom is -0.508 e. The maximum absolute atomic E-state index is 12.6. The number of benzene rings is 3. The Morgan fingerprint density at radius 1 is 0.962 bits per heavy atom. The minimum atomic E-state index is -0.799. The second-order valence-corrected chi connectivity index (χ2v) is 6.11. The van der Waals surface area contributed by atoms with Gasteiger partial charge in [-0.15, -0.1) is 0 Å². The van der Waals surface area contributed by atoms with Gasteiger partial charge in [0.05, 0.1) is 5.56 Å². The summed E-state index contributed by atoms with van der Waals surface area (Å²) in [5, 5.41) is 22.9. The summed E-state index contributed by atoms with van der Waals surface area (Å²) in [6.07, 6.45) is 1.40. The maximum Gasteiger partial charge on any atom is 0.303 e. The second-order valence-electron chi connectivity index (χ2n) is 6.11. The van der Waals surface area contributed by atoms with Gasteiger partial charge in [-0.2, -0.15) is 0 Å². The zero-order valence-corrected chi connectivity index (χ0v) is 14.1. The number of fused-ring (bicyclic) bond motifs is 1. The van der Waals surface area contributed by atoms with E-state index in [1.807, 2.05) is 36.4 Å². The third-order valence-corrected chi connectivity index (χ3v) is 4.16. The Morgan fingerprint density at radius 3 is 2.42 bits per heavy atom. The highest BCUT2D eigenvalue weighted by Crippen LogP contribution is 2.25. The fourth-order valence-electron chi connectivity index (χ4n) is 2.88. The first-order chi connectivity index (χ1) is 12.5. The standard InChI is InChI=1S/C21H19NO4/c23-17-12-15-5-1-2-6-18(15)19(13-17)21(26)22-16-10-8-14(9-11-16)4-3-7-20(24)25/h1-2,5-6,8-13,23H,3-4,7H2,(H,22,26)(H,24,25). The molecule has 3 N–H and O–H groups in total. The van der Waals surface area contributed by atoms with Crippen LogP contribution in [0.5, 0.6) is 5.75 Å². The van der Waals surface area contributed by atoms with Gasteiger partial charge in [0.25, 0.3) is 5.91 Å². The van der Waals surface area contributed by atoms with Gasteiger partial charge in [-0.05, 0) is 53.4 Å². The van der Waals surface area contributed by atoms with Crippen molar-refractivity contribution in [2.45, 2.75) is 19.3 Å². The molecule has 0 atom stereocenters. The molecule has 0 radical (unpaired) electrons. The lowest BCUT2D eigenvalue weighted by Crippen LogP contribution is -2.12. The molecule has 5 nitrogen and oxygen atoms in total. The molecule has 0 saturated carbocycles. The summed E-state index contributed by atoms with van der Waals surface area (Å²) in [7, 11) is 0. The van der Waals surface area contributed by atoms with Gasteiger partial charge < -0.3 is 15.5 Å². The molecule has 0 aliphatic carbocycles. The summed E-state index contributed by atoms with van der Waals surface area (Å²) < 4.78 is 0. The third kappa shape index (κ3) is 4.19. The Bertz CT molecular complexity index is 948. The van der Waals surface area contributed by atoms with Crippen LogP contribution < -0.4 is 5.32 Å². The van der Waals surface area contributed by atoms with E-state index in [0.717, 1.165) is 16.3 Å². The van der Waals surface area contributed by atoms with Crippen LogP contribution in [-0.4, -0.2) is 22.1 Å². The largest absolute Gasteiger partial charge is 0.508 e. The lowest BCUT2D eigenvalue weighted by Gasteiger charge is -2.10. The SMILES string of the molecule is O=C(O)CCCc1ccc(NC(=O)c2cc(O)cc3ccccc23)cc1. The van der Waals surface area contributed by atoms with Crippen LogP contribution in [0.3, 0.4) is 0 Å². The van der Waals surface area contributed by atoms with E-state index in [2.05, 4.69) is 5.32 Å². The minimum absolute atomic E-state index is 0.0441. The Hall–Kier alpha value is -3.34. The molecule has 0 fully saturated rings. The van der Waals surface area contributed by atoms with Crippen molar-refractivity contribution in [2.24, 2.45) is 0 Å². The van der Waals surface area contributed by atoms with Crippen LogP contribution in [0.4, 0.5) is 5.69 Å². The average molecular weight is 349 g/mol. The van der Waals surface area contributed by atoms with Gasteiger partial charge in [0.15, 0.2) is 0 Å². The van der Waals surface area contributed by atoms with E-state index in [1.165, 1.54) is 6.07 Å². The molecule has 0 bridgehead atoms. The van der Waals surface area contributed by atoms with Gasteiger partial charge in [-0.3, -0.25) is 9.59 Å². The van der Waals surface area contributed by atoms with E-state index in [-0.39, 0.29) is 18.1 Å². The number of aryl methyl sites for hydroxylation is 1. The molecule has 0 saturated heterocycles. The second kappa shape index (κ2) is 7.70. The number of rotatable bonds is 6. The average Bonchev–Trinajstić information content (AvgIpc) is 2.62. The number of hydrogen-bond acceptors (Lipinski definition) is 3. The molecule has 1 amide bonds. The molecule has 0 spiro atoms. The topological polar surface area (TPSA) is 86.6 Å². The van der Waals surface area contributed by atoms with Crippen LogP contribution in [0.1, 0.15) is 28.8 Å². The molecule has 3 aromatic rings. The van der Waals surface area contributed by atoms with Crippen LogP contribution >= 0.6 is 0 Å². The van der Waals surface area contributed by atoms with E-state index < -0.39 is 5.97 Å². The Labute approximate surface area is 150 Å². The van der Waals surface area contributed by atoms with Crippen molar-refractivity contribution < 1.29 is 19.8 Å². The molecule has 5 heteroatoms. The fraction of sp³-hybridized carbons (Fsp3) is 0.143. The zero-order chi connectivity index (χ0) is 18.5. The van der Waals surface area contributed by atoms with Crippen molar-refractivity contribution in [1.82, 2.24) is 0 Å². The van der Waals surface area contributed by atoms with Crippen molar-refractivity contribution in [1.29, 1.82) is 0 Å².